The molecule has 0 bridgehead atoms. The summed E-state index contributed by atoms with van der Waals surface area (Å²) in [7, 11) is 0. The molecule has 0 spiro atoms. The molecule has 0 aliphatic heterocycles. The average Bonchev–Trinajstić information content (AvgIpc) is 2.98. The minimum absolute atomic E-state index is 0.354. The number of thiophene rings is 1. The molecule has 2 aromatic heterocycles. The third-order valence-electron chi connectivity index (χ3n) is 2.77. The molecule has 0 aliphatic carbocycles. The highest BCUT2D eigenvalue weighted by Crippen LogP contribution is 2.27. The van der Waals surface area contributed by atoms with E-state index in [1.807, 2.05) is 0 Å². The van der Waals surface area contributed by atoms with Crippen LogP contribution in [-0.4, -0.2) is 10.9 Å². The first kappa shape index (κ1) is 13.1. The first-order valence-electron chi connectivity index (χ1n) is 5.57. The van der Waals surface area contributed by atoms with Crippen LogP contribution in [0.1, 0.15) is 9.67 Å². The van der Waals surface area contributed by atoms with Gasteiger partial charge in [-0.1, -0.05) is 11.6 Å². The van der Waals surface area contributed by atoms with E-state index < -0.39 is 11.6 Å². The fourth-order valence-corrected chi connectivity index (χ4v) is 2.78. The Bertz CT molecular complexity index is 812. The van der Waals surface area contributed by atoms with E-state index in [1.165, 1.54) is 6.20 Å². The summed E-state index contributed by atoms with van der Waals surface area (Å²) in [6.45, 7) is 0. The van der Waals surface area contributed by atoms with Crippen molar-refractivity contribution in [1.29, 1.82) is 0 Å². The Morgan fingerprint density at radius 1 is 1.25 bits per heavy atom. The molecule has 1 amide bonds. The van der Waals surface area contributed by atoms with Gasteiger partial charge in [0.2, 0.25) is 0 Å². The second-order valence-corrected chi connectivity index (χ2v) is 5.79. The summed E-state index contributed by atoms with van der Waals surface area (Å²) in [5.41, 5.74) is 0.789. The molecule has 0 unspecified atom stereocenters. The molecule has 0 radical (unpaired) electrons. The van der Waals surface area contributed by atoms with Crippen molar-refractivity contribution in [3.8, 4) is 0 Å². The normalized spacial score (nSPS) is 10.9. The molecular formula is C13H7ClF2N2OS. The average molecular weight is 313 g/mol. The number of amides is 1. The number of aromatic amines is 1. The molecule has 2 N–H and O–H groups in total. The summed E-state index contributed by atoms with van der Waals surface area (Å²) in [6.07, 6.45) is 1.48. The van der Waals surface area contributed by atoms with Gasteiger partial charge >= 0.3 is 0 Å². The molecule has 20 heavy (non-hydrogen) atoms. The quantitative estimate of drug-likeness (QED) is 0.723. The van der Waals surface area contributed by atoms with Gasteiger partial charge in [0.25, 0.3) is 5.91 Å². The first-order chi connectivity index (χ1) is 9.54. The van der Waals surface area contributed by atoms with Crippen molar-refractivity contribution in [1.82, 2.24) is 4.98 Å². The van der Waals surface area contributed by atoms with Gasteiger partial charge in [0.05, 0.1) is 20.4 Å². The Morgan fingerprint density at radius 2 is 2.00 bits per heavy atom. The molecule has 0 saturated heterocycles. The molecule has 3 aromatic rings. The second-order valence-electron chi connectivity index (χ2n) is 4.07. The molecule has 3 nitrogen and oxygen atoms in total. The minimum Gasteiger partial charge on any atom is -0.359 e. The van der Waals surface area contributed by atoms with Crippen LogP contribution in [0.3, 0.4) is 0 Å². The molecule has 0 atom stereocenters. The SMILES string of the molecule is O=C(Nc1c[nH]c2cc(F)c(F)cc12)c1ccc(Cl)s1. The van der Waals surface area contributed by atoms with E-state index in [0.29, 0.717) is 25.8 Å². The zero-order chi connectivity index (χ0) is 14.3. The second kappa shape index (κ2) is 4.88. The molecule has 3 rings (SSSR count). The van der Waals surface area contributed by atoms with Crippen molar-refractivity contribution in [3.05, 3.63) is 51.3 Å². The van der Waals surface area contributed by atoms with E-state index in [9.17, 15) is 13.6 Å². The number of rotatable bonds is 2. The van der Waals surface area contributed by atoms with Crippen LogP contribution in [0.4, 0.5) is 14.5 Å². The van der Waals surface area contributed by atoms with Crippen LogP contribution < -0.4 is 5.32 Å². The zero-order valence-corrected chi connectivity index (χ0v) is 11.4. The molecule has 0 fully saturated rings. The van der Waals surface area contributed by atoms with E-state index >= 15 is 0 Å². The van der Waals surface area contributed by atoms with E-state index in [4.69, 9.17) is 11.6 Å². The van der Waals surface area contributed by atoms with Crippen LogP contribution in [0.25, 0.3) is 10.9 Å². The third-order valence-corrected chi connectivity index (χ3v) is 4.00. The molecule has 0 saturated carbocycles. The minimum atomic E-state index is -0.966. The van der Waals surface area contributed by atoms with Crippen molar-refractivity contribution >= 4 is 45.4 Å². The van der Waals surface area contributed by atoms with Gasteiger partial charge in [0.1, 0.15) is 0 Å². The number of fused-ring (bicyclic) bond motifs is 1. The van der Waals surface area contributed by atoms with Crippen LogP contribution in [0.2, 0.25) is 4.34 Å². The van der Waals surface area contributed by atoms with Gasteiger partial charge in [-0.15, -0.1) is 11.3 Å². The lowest BCUT2D eigenvalue weighted by Gasteiger charge is -2.02. The largest absolute Gasteiger partial charge is 0.359 e. The summed E-state index contributed by atoms with van der Waals surface area (Å²) in [6, 6.07) is 5.29. The summed E-state index contributed by atoms with van der Waals surface area (Å²) in [4.78, 5) is 15.2. The van der Waals surface area contributed by atoms with Gasteiger partial charge in [-0.25, -0.2) is 8.78 Å². The lowest BCUT2D eigenvalue weighted by atomic mass is 10.2. The Labute approximate surface area is 121 Å². The fourth-order valence-electron chi connectivity index (χ4n) is 1.84. The highest BCUT2D eigenvalue weighted by molar-refractivity contribution is 7.18. The van der Waals surface area contributed by atoms with E-state index in [0.717, 1.165) is 23.5 Å². The van der Waals surface area contributed by atoms with Crippen LogP contribution in [0.5, 0.6) is 0 Å². The predicted molar refractivity (Wildman–Crippen MR) is 75.5 cm³/mol. The zero-order valence-electron chi connectivity index (χ0n) is 9.84. The first-order valence-corrected chi connectivity index (χ1v) is 6.77. The van der Waals surface area contributed by atoms with Crippen molar-refractivity contribution < 1.29 is 13.6 Å². The van der Waals surface area contributed by atoms with Crippen molar-refractivity contribution in [2.45, 2.75) is 0 Å². The molecule has 1 aromatic carbocycles. The number of hydrogen-bond donors (Lipinski definition) is 2. The van der Waals surface area contributed by atoms with Crippen molar-refractivity contribution in [2.24, 2.45) is 0 Å². The number of anilines is 1. The van der Waals surface area contributed by atoms with Gasteiger partial charge in [0.15, 0.2) is 11.6 Å². The summed E-state index contributed by atoms with van der Waals surface area (Å²) in [5, 5.41) is 3.04. The van der Waals surface area contributed by atoms with Crippen LogP contribution in [0, 0.1) is 11.6 Å². The number of benzene rings is 1. The van der Waals surface area contributed by atoms with E-state index in [2.05, 4.69) is 10.3 Å². The van der Waals surface area contributed by atoms with Gasteiger partial charge in [-0.05, 0) is 18.2 Å². The lowest BCUT2D eigenvalue weighted by Crippen LogP contribution is -2.09. The maximum atomic E-state index is 13.3. The number of hydrogen-bond acceptors (Lipinski definition) is 2. The lowest BCUT2D eigenvalue weighted by molar-refractivity contribution is 0.103. The van der Waals surface area contributed by atoms with Crippen LogP contribution in [-0.2, 0) is 0 Å². The molecule has 2 heterocycles. The number of carbonyl (C=O) groups excluding carboxylic acids is 1. The van der Waals surface area contributed by atoms with Gasteiger partial charge in [-0.2, -0.15) is 0 Å². The van der Waals surface area contributed by atoms with Crippen LogP contribution >= 0.6 is 22.9 Å². The maximum absolute atomic E-state index is 13.3. The highest BCUT2D eigenvalue weighted by atomic mass is 35.5. The van der Waals surface area contributed by atoms with Crippen LogP contribution in [0.15, 0.2) is 30.5 Å². The van der Waals surface area contributed by atoms with Gasteiger partial charge in [0, 0.05) is 17.6 Å². The van der Waals surface area contributed by atoms with Crippen molar-refractivity contribution in [3.63, 3.8) is 0 Å². The van der Waals surface area contributed by atoms with Gasteiger partial charge in [-0.3, -0.25) is 4.79 Å². The summed E-state index contributed by atoms with van der Waals surface area (Å²) < 4.78 is 26.8. The number of halogens is 3. The molecule has 7 heteroatoms. The summed E-state index contributed by atoms with van der Waals surface area (Å²) >= 11 is 6.90. The number of aromatic nitrogens is 1. The maximum Gasteiger partial charge on any atom is 0.265 e. The van der Waals surface area contributed by atoms with Crippen molar-refractivity contribution in [2.75, 3.05) is 5.32 Å². The van der Waals surface area contributed by atoms with E-state index in [1.54, 1.807) is 12.1 Å². The number of carbonyl (C=O) groups is 1. The number of H-pyrrole nitrogens is 1. The molecular weight excluding hydrogens is 306 g/mol. The molecule has 0 aliphatic rings. The standard InChI is InChI=1S/C13H7ClF2N2OS/c14-12-2-1-11(20-12)13(19)18-10-5-17-9-4-8(16)7(15)3-6(9)10/h1-5,17H,(H,18,19). The highest BCUT2D eigenvalue weighted by Gasteiger charge is 2.13. The smallest absolute Gasteiger partial charge is 0.265 e. The Hall–Kier alpha value is -1.92. The van der Waals surface area contributed by atoms with Gasteiger partial charge < -0.3 is 10.3 Å². The monoisotopic (exact) mass is 312 g/mol. The topological polar surface area (TPSA) is 44.9 Å². The number of nitrogens with one attached hydrogen (secondary N) is 2. The predicted octanol–water partition coefficient (Wildman–Crippen LogP) is 4.41. The Kier molecular flexibility index (Phi) is 3.19. The Balaban J connectivity index is 1.95. The fraction of sp³-hybridized carbons (Fsp3) is 0. The summed E-state index contributed by atoms with van der Waals surface area (Å²) in [5.74, 6) is -2.26. The Morgan fingerprint density at radius 3 is 2.70 bits per heavy atom. The third kappa shape index (κ3) is 2.28. The molecule has 102 valence electrons. The van der Waals surface area contributed by atoms with E-state index in [-0.39, 0.29) is 5.91 Å².